The molecule has 23 heavy (non-hydrogen) atoms. The fourth-order valence-electron chi connectivity index (χ4n) is 1.80. The number of carbonyl (C=O) groups is 2. The Morgan fingerprint density at radius 3 is 2.91 bits per heavy atom. The Kier molecular flexibility index (Phi) is 5.72. The minimum atomic E-state index is -0.514. The molecule has 6 nitrogen and oxygen atoms in total. The summed E-state index contributed by atoms with van der Waals surface area (Å²) in [6.07, 6.45) is 0.0485. The number of amides is 1. The van der Waals surface area contributed by atoms with Crippen LogP contribution in [0.15, 0.2) is 35.7 Å². The maximum Gasteiger partial charge on any atom is 0.310 e. The summed E-state index contributed by atoms with van der Waals surface area (Å²) in [5.41, 5.74) is 1.12. The van der Waals surface area contributed by atoms with E-state index in [4.69, 9.17) is 14.7 Å². The summed E-state index contributed by atoms with van der Waals surface area (Å²) in [6.45, 7) is -0.397. The number of ether oxygens (including phenoxy) is 2. The fraction of sp³-hybridized carbons (Fsp3) is 0.188. The largest absolute Gasteiger partial charge is 0.497 e. The van der Waals surface area contributed by atoms with E-state index in [1.807, 2.05) is 6.07 Å². The van der Waals surface area contributed by atoms with Gasteiger partial charge >= 0.3 is 5.97 Å². The monoisotopic (exact) mass is 330 g/mol. The van der Waals surface area contributed by atoms with Gasteiger partial charge in [0.1, 0.15) is 16.8 Å². The molecule has 0 atom stereocenters. The Balaban J connectivity index is 1.82. The number of nitrogens with one attached hydrogen (secondary N) is 1. The zero-order chi connectivity index (χ0) is 16.7. The van der Waals surface area contributed by atoms with Crippen LogP contribution in [0.25, 0.3) is 0 Å². The Morgan fingerprint density at radius 1 is 1.35 bits per heavy atom. The fourth-order valence-corrected chi connectivity index (χ4v) is 2.56. The van der Waals surface area contributed by atoms with Crippen molar-refractivity contribution in [3.8, 4) is 11.8 Å². The number of anilines is 1. The molecule has 1 aromatic carbocycles. The van der Waals surface area contributed by atoms with E-state index in [2.05, 4.69) is 5.32 Å². The first-order chi connectivity index (χ1) is 11.1. The molecule has 7 heteroatoms. The average Bonchev–Trinajstić information content (AvgIpc) is 3.00. The topological polar surface area (TPSA) is 88.4 Å². The molecule has 0 aliphatic rings. The Morgan fingerprint density at radius 2 is 2.17 bits per heavy atom. The van der Waals surface area contributed by atoms with Crippen LogP contribution in [0.2, 0.25) is 0 Å². The van der Waals surface area contributed by atoms with Crippen LogP contribution in [0.5, 0.6) is 5.75 Å². The lowest BCUT2D eigenvalue weighted by molar-refractivity contribution is -0.146. The molecule has 118 valence electrons. The van der Waals surface area contributed by atoms with E-state index in [-0.39, 0.29) is 6.42 Å². The molecule has 1 N–H and O–H groups in total. The second-order valence-corrected chi connectivity index (χ2v) is 5.43. The highest BCUT2D eigenvalue weighted by atomic mass is 32.1. The van der Waals surface area contributed by atoms with Gasteiger partial charge in [0.2, 0.25) is 0 Å². The second-order valence-electron chi connectivity index (χ2n) is 4.51. The average molecular weight is 330 g/mol. The van der Waals surface area contributed by atoms with Gasteiger partial charge in [0.25, 0.3) is 5.91 Å². The number of nitrogens with zero attached hydrogens (tertiary/aromatic N) is 1. The van der Waals surface area contributed by atoms with Crippen LogP contribution in [0.4, 0.5) is 5.00 Å². The van der Waals surface area contributed by atoms with Crippen LogP contribution in [-0.4, -0.2) is 25.6 Å². The van der Waals surface area contributed by atoms with Crippen molar-refractivity contribution in [2.45, 2.75) is 6.42 Å². The first-order valence-electron chi connectivity index (χ1n) is 6.68. The standard InChI is InChI=1S/C16H14N2O4S/c1-21-13-4-2-3-11(7-13)8-15(20)22-10-14(19)18-16-12(9-17)5-6-23-16/h2-7H,8,10H2,1H3,(H,18,19). The van der Waals surface area contributed by atoms with E-state index in [0.717, 1.165) is 5.56 Å². The summed E-state index contributed by atoms with van der Waals surface area (Å²) in [4.78, 5) is 23.5. The lowest BCUT2D eigenvalue weighted by atomic mass is 10.1. The molecule has 1 heterocycles. The molecule has 1 aromatic heterocycles. The first kappa shape index (κ1) is 16.5. The van der Waals surface area contributed by atoms with Crippen LogP contribution in [0.1, 0.15) is 11.1 Å². The van der Waals surface area contributed by atoms with Gasteiger partial charge in [-0.15, -0.1) is 11.3 Å². The van der Waals surface area contributed by atoms with Gasteiger partial charge < -0.3 is 14.8 Å². The minimum Gasteiger partial charge on any atom is -0.497 e. The van der Waals surface area contributed by atoms with Gasteiger partial charge in [0.15, 0.2) is 6.61 Å². The summed E-state index contributed by atoms with van der Waals surface area (Å²) in [5, 5.41) is 13.5. The van der Waals surface area contributed by atoms with Crippen LogP contribution in [0.3, 0.4) is 0 Å². The molecule has 0 saturated heterocycles. The van der Waals surface area contributed by atoms with E-state index in [1.54, 1.807) is 42.8 Å². The van der Waals surface area contributed by atoms with E-state index in [1.165, 1.54) is 11.3 Å². The molecule has 1 amide bonds. The van der Waals surface area contributed by atoms with Gasteiger partial charge in [-0.3, -0.25) is 9.59 Å². The Labute approximate surface area is 137 Å². The molecule has 0 saturated carbocycles. The minimum absolute atomic E-state index is 0.0485. The number of rotatable bonds is 6. The number of hydrogen-bond acceptors (Lipinski definition) is 6. The molecule has 0 bridgehead atoms. The lowest BCUT2D eigenvalue weighted by Crippen LogP contribution is -2.21. The van der Waals surface area contributed by atoms with Crippen molar-refractivity contribution < 1.29 is 19.1 Å². The van der Waals surface area contributed by atoms with Crippen LogP contribution in [0, 0.1) is 11.3 Å². The summed E-state index contributed by atoms with van der Waals surface area (Å²) in [5.74, 6) is -0.349. The maximum atomic E-state index is 11.7. The summed E-state index contributed by atoms with van der Waals surface area (Å²) >= 11 is 1.23. The lowest BCUT2D eigenvalue weighted by Gasteiger charge is -2.06. The van der Waals surface area contributed by atoms with Gasteiger partial charge in [-0.1, -0.05) is 12.1 Å². The highest BCUT2D eigenvalue weighted by molar-refractivity contribution is 7.14. The molecule has 0 aliphatic heterocycles. The van der Waals surface area contributed by atoms with Gasteiger partial charge in [-0.05, 0) is 29.1 Å². The highest BCUT2D eigenvalue weighted by Crippen LogP contribution is 2.21. The Hall–Kier alpha value is -2.85. The number of nitriles is 1. The van der Waals surface area contributed by atoms with E-state index in [0.29, 0.717) is 16.3 Å². The maximum absolute atomic E-state index is 11.7. The van der Waals surface area contributed by atoms with Gasteiger partial charge in [-0.25, -0.2) is 0 Å². The van der Waals surface area contributed by atoms with Crippen LogP contribution >= 0.6 is 11.3 Å². The number of carbonyl (C=O) groups excluding carboxylic acids is 2. The highest BCUT2D eigenvalue weighted by Gasteiger charge is 2.11. The van der Waals surface area contributed by atoms with Gasteiger partial charge in [-0.2, -0.15) is 5.26 Å². The van der Waals surface area contributed by atoms with Crippen molar-refractivity contribution in [1.29, 1.82) is 5.26 Å². The number of hydrogen-bond donors (Lipinski definition) is 1. The summed E-state index contributed by atoms with van der Waals surface area (Å²) in [6, 6.07) is 10.6. The van der Waals surface area contributed by atoms with Crippen LogP contribution in [-0.2, 0) is 20.7 Å². The van der Waals surface area contributed by atoms with Crippen molar-refractivity contribution in [2.75, 3.05) is 19.0 Å². The van der Waals surface area contributed by atoms with Crippen molar-refractivity contribution in [3.05, 3.63) is 46.8 Å². The normalized spacial score (nSPS) is 9.74. The zero-order valence-corrected chi connectivity index (χ0v) is 13.2. The van der Waals surface area contributed by atoms with E-state index < -0.39 is 18.5 Å². The molecule has 0 unspecified atom stereocenters. The molecule has 2 rings (SSSR count). The quantitative estimate of drug-likeness (QED) is 0.821. The SMILES string of the molecule is COc1cccc(CC(=O)OCC(=O)Nc2sccc2C#N)c1. The molecule has 2 aromatic rings. The Bertz CT molecular complexity index is 749. The third-order valence-corrected chi connectivity index (χ3v) is 3.72. The van der Waals surface area contributed by atoms with E-state index in [9.17, 15) is 9.59 Å². The third-order valence-electron chi connectivity index (χ3n) is 2.89. The summed E-state index contributed by atoms with van der Waals surface area (Å²) < 4.78 is 10.0. The molecule has 0 radical (unpaired) electrons. The number of esters is 1. The second kappa shape index (κ2) is 7.96. The van der Waals surface area contributed by atoms with Crippen molar-refractivity contribution >= 4 is 28.2 Å². The summed E-state index contributed by atoms with van der Waals surface area (Å²) in [7, 11) is 1.54. The van der Waals surface area contributed by atoms with Crippen molar-refractivity contribution in [3.63, 3.8) is 0 Å². The zero-order valence-electron chi connectivity index (χ0n) is 12.4. The van der Waals surface area contributed by atoms with Gasteiger partial charge in [0, 0.05) is 0 Å². The number of benzene rings is 1. The van der Waals surface area contributed by atoms with Crippen LogP contribution < -0.4 is 10.1 Å². The number of thiophene rings is 1. The first-order valence-corrected chi connectivity index (χ1v) is 7.56. The van der Waals surface area contributed by atoms with Crippen molar-refractivity contribution in [1.82, 2.24) is 0 Å². The predicted molar refractivity (Wildman–Crippen MR) is 85.3 cm³/mol. The molecular formula is C16H14N2O4S. The number of methoxy groups -OCH3 is 1. The predicted octanol–water partition coefficient (Wildman–Crippen LogP) is 2.35. The smallest absolute Gasteiger partial charge is 0.310 e. The molecule has 0 aliphatic carbocycles. The molecule has 0 spiro atoms. The third kappa shape index (κ3) is 4.83. The van der Waals surface area contributed by atoms with Crippen molar-refractivity contribution in [2.24, 2.45) is 0 Å². The van der Waals surface area contributed by atoms with E-state index >= 15 is 0 Å². The molecular weight excluding hydrogens is 316 g/mol. The van der Waals surface area contributed by atoms with Gasteiger partial charge in [0.05, 0.1) is 19.1 Å². The molecule has 0 fully saturated rings.